The van der Waals surface area contributed by atoms with Crippen LogP contribution in [-0.2, 0) is 11.3 Å². The van der Waals surface area contributed by atoms with E-state index in [1.165, 1.54) is 11.1 Å². The molecule has 5 nitrogen and oxygen atoms in total. The van der Waals surface area contributed by atoms with E-state index in [0.717, 1.165) is 22.5 Å². The van der Waals surface area contributed by atoms with Gasteiger partial charge in [0.05, 0.1) is 11.4 Å². The van der Waals surface area contributed by atoms with Crippen LogP contribution in [0.15, 0.2) is 54.7 Å². The first-order chi connectivity index (χ1) is 13.5. The molecule has 0 bridgehead atoms. The fourth-order valence-electron chi connectivity index (χ4n) is 3.14. The van der Waals surface area contributed by atoms with E-state index >= 15 is 0 Å². The van der Waals surface area contributed by atoms with Gasteiger partial charge in [-0.1, -0.05) is 30.3 Å². The maximum Gasteiger partial charge on any atom is 0.223 e. The Morgan fingerprint density at radius 3 is 2.48 bits per heavy atom. The number of benzene rings is 2. The van der Waals surface area contributed by atoms with Crippen molar-refractivity contribution in [3.8, 4) is 16.9 Å². The maximum absolute atomic E-state index is 12.4. The van der Waals surface area contributed by atoms with Crippen molar-refractivity contribution in [3.63, 3.8) is 0 Å². The summed E-state index contributed by atoms with van der Waals surface area (Å²) in [6.45, 7) is 5.42. The zero-order chi connectivity index (χ0) is 20.1. The molecule has 0 saturated carbocycles. The van der Waals surface area contributed by atoms with Gasteiger partial charge in [0.25, 0.3) is 0 Å². The molecule has 1 N–H and O–H groups in total. The molecule has 0 aliphatic rings. The van der Waals surface area contributed by atoms with Gasteiger partial charge in [0.2, 0.25) is 5.91 Å². The Labute approximate surface area is 179 Å². The molecule has 0 aliphatic carbocycles. The van der Waals surface area contributed by atoms with Gasteiger partial charge in [-0.3, -0.25) is 4.79 Å². The van der Waals surface area contributed by atoms with Crippen molar-refractivity contribution in [2.45, 2.75) is 26.8 Å². The number of amides is 1. The Morgan fingerprint density at radius 1 is 1.10 bits per heavy atom. The molecule has 29 heavy (non-hydrogen) atoms. The van der Waals surface area contributed by atoms with Crippen molar-refractivity contribution < 1.29 is 4.79 Å². The van der Waals surface area contributed by atoms with Crippen molar-refractivity contribution in [2.75, 3.05) is 20.6 Å². The van der Waals surface area contributed by atoms with Crippen LogP contribution < -0.4 is 5.32 Å². The molecular formula is C23H29ClN4O. The van der Waals surface area contributed by atoms with E-state index < -0.39 is 0 Å². The van der Waals surface area contributed by atoms with Gasteiger partial charge in [-0.2, -0.15) is 5.10 Å². The number of halogens is 1. The summed E-state index contributed by atoms with van der Waals surface area (Å²) < 4.78 is 1.89. The zero-order valence-electron chi connectivity index (χ0n) is 17.5. The predicted octanol–water partition coefficient (Wildman–Crippen LogP) is 4.15. The first kappa shape index (κ1) is 22.7. The van der Waals surface area contributed by atoms with Gasteiger partial charge >= 0.3 is 0 Å². The van der Waals surface area contributed by atoms with E-state index in [9.17, 15) is 4.79 Å². The molecule has 0 aliphatic heterocycles. The highest BCUT2D eigenvalue weighted by molar-refractivity contribution is 5.85. The predicted molar refractivity (Wildman–Crippen MR) is 121 cm³/mol. The standard InChI is InChI=1S/C23H28N4O.ClH/c1-17-10-11-19(14-18(17)2)23-20(15-26(4)22(28)12-13-24-3)16-27(25-23)21-8-6-5-7-9-21;/h5-11,14,16,24H,12-13,15H2,1-4H3;1H. The highest BCUT2D eigenvalue weighted by Crippen LogP contribution is 2.26. The smallest absolute Gasteiger partial charge is 0.223 e. The molecule has 0 spiro atoms. The number of hydrogen-bond donors (Lipinski definition) is 1. The zero-order valence-corrected chi connectivity index (χ0v) is 18.3. The Kier molecular flexibility index (Phi) is 8.00. The average Bonchev–Trinajstić information content (AvgIpc) is 3.12. The normalized spacial score (nSPS) is 10.5. The molecule has 0 radical (unpaired) electrons. The number of aromatic nitrogens is 2. The van der Waals surface area contributed by atoms with E-state index in [4.69, 9.17) is 5.10 Å². The second-order valence-corrected chi connectivity index (χ2v) is 7.19. The highest BCUT2D eigenvalue weighted by Gasteiger charge is 2.17. The van der Waals surface area contributed by atoms with Crippen LogP contribution in [0.5, 0.6) is 0 Å². The Morgan fingerprint density at radius 2 is 1.83 bits per heavy atom. The molecule has 154 valence electrons. The van der Waals surface area contributed by atoms with Gasteiger partial charge in [0.15, 0.2) is 0 Å². The Hall–Kier alpha value is -2.63. The number of carbonyl (C=O) groups excluding carboxylic acids is 1. The molecule has 1 heterocycles. The van der Waals surface area contributed by atoms with Crippen LogP contribution in [0.4, 0.5) is 0 Å². The van der Waals surface area contributed by atoms with Crippen molar-refractivity contribution in [3.05, 3.63) is 71.4 Å². The average molecular weight is 413 g/mol. The second kappa shape index (κ2) is 10.2. The van der Waals surface area contributed by atoms with E-state index in [1.807, 2.05) is 55.3 Å². The fraction of sp³-hybridized carbons (Fsp3) is 0.304. The van der Waals surface area contributed by atoms with Gasteiger partial charge in [-0.05, 0) is 50.2 Å². The van der Waals surface area contributed by atoms with E-state index in [1.54, 1.807) is 4.90 Å². The number of nitrogens with zero attached hydrogens (tertiary/aromatic N) is 3. The lowest BCUT2D eigenvalue weighted by Crippen LogP contribution is -2.28. The van der Waals surface area contributed by atoms with Crippen molar-refractivity contribution in [1.82, 2.24) is 20.0 Å². The molecule has 0 fully saturated rings. The number of hydrogen-bond acceptors (Lipinski definition) is 3. The summed E-state index contributed by atoms with van der Waals surface area (Å²) in [6, 6.07) is 16.4. The van der Waals surface area contributed by atoms with Crippen LogP contribution >= 0.6 is 12.4 Å². The van der Waals surface area contributed by atoms with Crippen LogP contribution in [0.1, 0.15) is 23.1 Å². The molecule has 3 rings (SSSR count). The summed E-state index contributed by atoms with van der Waals surface area (Å²) in [6.07, 6.45) is 2.51. The van der Waals surface area contributed by atoms with Crippen LogP contribution in [0.3, 0.4) is 0 Å². The van der Waals surface area contributed by atoms with Crippen LogP contribution in [0.2, 0.25) is 0 Å². The minimum atomic E-state index is 0. The summed E-state index contributed by atoms with van der Waals surface area (Å²) in [4.78, 5) is 14.2. The van der Waals surface area contributed by atoms with Gasteiger partial charge in [-0.25, -0.2) is 4.68 Å². The minimum Gasteiger partial charge on any atom is -0.341 e. The van der Waals surface area contributed by atoms with Crippen LogP contribution in [-0.4, -0.2) is 41.2 Å². The van der Waals surface area contributed by atoms with Gasteiger partial charge in [-0.15, -0.1) is 12.4 Å². The van der Waals surface area contributed by atoms with E-state index in [2.05, 4.69) is 37.4 Å². The summed E-state index contributed by atoms with van der Waals surface area (Å²) in [5, 5.41) is 7.89. The Bertz CT molecular complexity index is 953. The van der Waals surface area contributed by atoms with Crippen molar-refractivity contribution in [2.24, 2.45) is 0 Å². The lowest BCUT2D eigenvalue weighted by molar-refractivity contribution is -0.130. The molecule has 1 amide bonds. The third-order valence-corrected chi connectivity index (χ3v) is 5.01. The van der Waals surface area contributed by atoms with Crippen LogP contribution in [0.25, 0.3) is 16.9 Å². The first-order valence-corrected chi connectivity index (χ1v) is 9.59. The molecule has 2 aromatic carbocycles. The van der Waals surface area contributed by atoms with Gasteiger partial charge in [0, 0.05) is 43.9 Å². The molecule has 0 saturated heterocycles. The molecule has 0 atom stereocenters. The lowest BCUT2D eigenvalue weighted by Gasteiger charge is -2.17. The number of para-hydroxylation sites is 1. The summed E-state index contributed by atoms with van der Waals surface area (Å²) in [5.41, 5.74) is 6.52. The van der Waals surface area contributed by atoms with Gasteiger partial charge < -0.3 is 10.2 Å². The molecular weight excluding hydrogens is 384 g/mol. The Balaban J connectivity index is 0.00000300. The summed E-state index contributed by atoms with van der Waals surface area (Å²) in [5.74, 6) is 0.118. The van der Waals surface area contributed by atoms with Gasteiger partial charge in [0.1, 0.15) is 0 Å². The largest absolute Gasteiger partial charge is 0.341 e. The van der Waals surface area contributed by atoms with E-state index in [0.29, 0.717) is 19.5 Å². The number of aryl methyl sites for hydroxylation is 2. The van der Waals surface area contributed by atoms with Crippen molar-refractivity contribution >= 4 is 18.3 Å². The maximum atomic E-state index is 12.4. The fourth-order valence-corrected chi connectivity index (χ4v) is 3.14. The third-order valence-electron chi connectivity index (χ3n) is 5.01. The molecule has 1 aromatic heterocycles. The van der Waals surface area contributed by atoms with E-state index in [-0.39, 0.29) is 18.3 Å². The third kappa shape index (κ3) is 5.46. The molecule has 0 unspecified atom stereocenters. The quantitative estimate of drug-likeness (QED) is 0.634. The lowest BCUT2D eigenvalue weighted by atomic mass is 10.0. The SMILES string of the molecule is CNCCC(=O)N(C)Cc1cn(-c2ccccc2)nc1-c1ccc(C)c(C)c1.Cl. The minimum absolute atomic E-state index is 0. The number of carbonyl (C=O) groups is 1. The second-order valence-electron chi connectivity index (χ2n) is 7.19. The molecule has 3 aromatic rings. The highest BCUT2D eigenvalue weighted by atomic mass is 35.5. The number of nitrogens with one attached hydrogen (secondary N) is 1. The summed E-state index contributed by atoms with van der Waals surface area (Å²) in [7, 11) is 3.71. The van der Waals surface area contributed by atoms with Crippen LogP contribution in [0, 0.1) is 13.8 Å². The molecule has 6 heteroatoms. The number of rotatable bonds is 7. The first-order valence-electron chi connectivity index (χ1n) is 9.59. The topological polar surface area (TPSA) is 50.2 Å². The van der Waals surface area contributed by atoms with Crippen molar-refractivity contribution in [1.29, 1.82) is 0 Å². The summed E-state index contributed by atoms with van der Waals surface area (Å²) >= 11 is 0. The monoisotopic (exact) mass is 412 g/mol.